The maximum absolute atomic E-state index is 9.20. The number of hydrogen-bond acceptors (Lipinski definition) is 3. The first-order chi connectivity index (χ1) is 4.65. The van der Waals surface area contributed by atoms with E-state index in [0.717, 1.165) is 0 Å². The molecule has 0 aliphatic rings. The second-order valence-corrected chi connectivity index (χ2v) is 8.18. The van der Waals surface area contributed by atoms with Crippen LogP contribution in [0.15, 0.2) is 0 Å². The standard InChI is InChI=1S/C2H9NO4P2S2/c1-3(2)8(4,10)7-9(5,6)11/h1-2H3,(H,4,10)(H2,5,6,11). The van der Waals surface area contributed by atoms with Gasteiger partial charge in [0.05, 0.1) is 0 Å². The van der Waals surface area contributed by atoms with E-state index in [2.05, 4.69) is 27.9 Å². The SMILES string of the molecule is CN(C)P(O)(=S)OP(O)(O)=S. The minimum absolute atomic E-state index is 1.19. The quantitative estimate of drug-likeness (QED) is 0.596. The molecule has 0 aromatic carbocycles. The van der Waals surface area contributed by atoms with E-state index in [-0.39, 0.29) is 0 Å². The van der Waals surface area contributed by atoms with E-state index in [9.17, 15) is 4.89 Å². The molecule has 3 N–H and O–H groups in total. The molecule has 0 aliphatic heterocycles. The molecule has 0 aromatic rings. The zero-order chi connectivity index (χ0) is 9.28. The summed E-state index contributed by atoms with van der Waals surface area (Å²) in [6.07, 6.45) is 0. The third-order valence-corrected chi connectivity index (χ3v) is 5.61. The van der Waals surface area contributed by atoms with Gasteiger partial charge in [-0.2, -0.15) is 0 Å². The summed E-state index contributed by atoms with van der Waals surface area (Å²) >= 11 is 8.65. The summed E-state index contributed by atoms with van der Waals surface area (Å²) in [7, 11) is 2.93. The Bertz CT molecular complexity index is 224. The van der Waals surface area contributed by atoms with Gasteiger partial charge >= 0.3 is 6.72 Å². The third kappa shape index (κ3) is 5.36. The van der Waals surface area contributed by atoms with Crippen LogP contribution in [-0.4, -0.2) is 33.4 Å². The van der Waals surface area contributed by atoms with Crippen LogP contribution in [-0.2, 0) is 27.9 Å². The van der Waals surface area contributed by atoms with Gasteiger partial charge in [0, 0.05) is 0 Å². The van der Waals surface area contributed by atoms with Crippen molar-refractivity contribution in [1.29, 1.82) is 0 Å². The minimum atomic E-state index is -3.85. The molecule has 1 atom stereocenters. The monoisotopic (exact) mass is 237 g/mol. The van der Waals surface area contributed by atoms with Crippen LogP contribution in [0.25, 0.3) is 0 Å². The van der Waals surface area contributed by atoms with Gasteiger partial charge in [0.1, 0.15) is 0 Å². The Labute approximate surface area is 75.1 Å². The summed E-state index contributed by atoms with van der Waals surface area (Å²) in [6, 6.07) is 0. The van der Waals surface area contributed by atoms with Gasteiger partial charge in [-0.15, -0.1) is 0 Å². The van der Waals surface area contributed by atoms with Crippen LogP contribution in [0.2, 0.25) is 0 Å². The van der Waals surface area contributed by atoms with E-state index in [0.29, 0.717) is 0 Å². The summed E-state index contributed by atoms with van der Waals surface area (Å²) in [5, 5.41) is 0. The highest BCUT2D eigenvalue weighted by Gasteiger charge is 2.24. The molecule has 0 saturated heterocycles. The third-order valence-electron chi connectivity index (χ3n) is 0.718. The molecule has 0 saturated carbocycles. The lowest BCUT2D eigenvalue weighted by Crippen LogP contribution is -2.08. The molecule has 0 bridgehead atoms. The second-order valence-electron chi connectivity index (χ2n) is 1.91. The molecule has 0 rings (SSSR count). The van der Waals surface area contributed by atoms with Crippen molar-refractivity contribution in [2.24, 2.45) is 0 Å². The highest BCUT2D eigenvalue weighted by molar-refractivity contribution is 8.14. The largest absolute Gasteiger partial charge is 0.333 e. The highest BCUT2D eigenvalue weighted by Crippen LogP contribution is 2.58. The Morgan fingerprint density at radius 2 is 1.55 bits per heavy atom. The van der Waals surface area contributed by atoms with Crippen LogP contribution in [0.4, 0.5) is 0 Å². The van der Waals surface area contributed by atoms with Crippen molar-refractivity contribution in [1.82, 2.24) is 4.67 Å². The predicted molar refractivity (Wildman–Crippen MR) is 50.0 cm³/mol. The van der Waals surface area contributed by atoms with Crippen molar-refractivity contribution in [2.45, 2.75) is 0 Å². The minimum Gasteiger partial charge on any atom is -0.333 e. The van der Waals surface area contributed by atoms with Gasteiger partial charge in [-0.25, -0.2) is 8.98 Å². The molecular weight excluding hydrogens is 228 g/mol. The Kier molecular flexibility index (Phi) is 4.26. The van der Waals surface area contributed by atoms with Crippen molar-refractivity contribution >= 4 is 37.0 Å². The first-order valence-electron chi connectivity index (χ1n) is 2.42. The fourth-order valence-electron chi connectivity index (χ4n) is 0.212. The first-order valence-corrected chi connectivity index (χ1v) is 7.68. The van der Waals surface area contributed by atoms with Crippen LogP contribution >= 0.6 is 13.4 Å². The van der Waals surface area contributed by atoms with E-state index in [4.69, 9.17) is 9.79 Å². The number of rotatable bonds is 3. The lowest BCUT2D eigenvalue weighted by molar-refractivity contribution is 0.338. The van der Waals surface area contributed by atoms with Crippen LogP contribution in [0, 0.1) is 0 Å². The van der Waals surface area contributed by atoms with Crippen molar-refractivity contribution in [3.8, 4) is 0 Å². The summed E-state index contributed by atoms with van der Waals surface area (Å²) in [5.41, 5.74) is 0. The predicted octanol–water partition coefficient (Wildman–Crippen LogP) is -0.00950. The smallest absolute Gasteiger partial charge is 0.328 e. The maximum Gasteiger partial charge on any atom is 0.328 e. The molecule has 5 nitrogen and oxygen atoms in total. The van der Waals surface area contributed by atoms with Crippen LogP contribution < -0.4 is 0 Å². The molecule has 9 heteroatoms. The molecule has 0 radical (unpaired) electrons. The Morgan fingerprint density at radius 3 is 1.64 bits per heavy atom. The fourth-order valence-corrected chi connectivity index (χ4v) is 3.96. The van der Waals surface area contributed by atoms with Gasteiger partial charge in [-0.1, -0.05) is 0 Å². The van der Waals surface area contributed by atoms with Crippen LogP contribution in [0.5, 0.6) is 0 Å². The molecule has 0 aromatic heterocycles. The molecule has 0 aliphatic carbocycles. The fraction of sp³-hybridized carbons (Fsp3) is 1.00. The Balaban J connectivity index is 4.39. The highest BCUT2D eigenvalue weighted by atomic mass is 32.5. The van der Waals surface area contributed by atoms with Crippen molar-refractivity contribution in [2.75, 3.05) is 14.1 Å². The average molecular weight is 237 g/mol. The zero-order valence-corrected chi connectivity index (χ0v) is 9.33. The lowest BCUT2D eigenvalue weighted by atomic mass is 11.3. The van der Waals surface area contributed by atoms with Gasteiger partial charge in [0.25, 0.3) is 6.64 Å². The molecule has 0 spiro atoms. The normalized spacial score (nSPS) is 18.4. The Morgan fingerprint density at radius 1 is 1.18 bits per heavy atom. The first kappa shape index (κ1) is 12.1. The summed E-state index contributed by atoms with van der Waals surface area (Å²) < 4.78 is 5.52. The van der Waals surface area contributed by atoms with Crippen molar-refractivity contribution in [3.05, 3.63) is 0 Å². The number of hydrogen-bond donors (Lipinski definition) is 3. The molecule has 0 heterocycles. The van der Waals surface area contributed by atoms with Gasteiger partial charge < -0.3 is 14.7 Å². The van der Waals surface area contributed by atoms with Gasteiger partial charge in [-0.3, -0.25) is 0 Å². The van der Waals surface area contributed by atoms with Crippen molar-refractivity contribution < 1.29 is 19.0 Å². The van der Waals surface area contributed by atoms with E-state index in [1.807, 2.05) is 0 Å². The van der Waals surface area contributed by atoms with E-state index in [1.54, 1.807) is 0 Å². The van der Waals surface area contributed by atoms with Gasteiger partial charge in [0.2, 0.25) is 0 Å². The number of nitrogens with zero attached hydrogens (tertiary/aromatic N) is 1. The molecule has 0 fully saturated rings. The lowest BCUT2D eigenvalue weighted by Gasteiger charge is -2.23. The summed E-state index contributed by atoms with van der Waals surface area (Å²) in [4.78, 5) is 26.5. The topological polar surface area (TPSA) is 73.2 Å². The average Bonchev–Trinajstić information content (AvgIpc) is 1.56. The van der Waals surface area contributed by atoms with E-state index >= 15 is 0 Å². The van der Waals surface area contributed by atoms with Crippen LogP contribution in [0.3, 0.4) is 0 Å². The Hall–Kier alpha value is 1.10. The molecule has 1 unspecified atom stereocenters. The van der Waals surface area contributed by atoms with Crippen molar-refractivity contribution in [3.63, 3.8) is 0 Å². The molecular formula is C2H9NO4P2S2. The van der Waals surface area contributed by atoms with Gasteiger partial charge in [0.15, 0.2) is 0 Å². The molecule has 11 heavy (non-hydrogen) atoms. The molecule has 0 amide bonds. The summed E-state index contributed by atoms with van der Waals surface area (Å²) in [6.45, 7) is -7.13. The second kappa shape index (κ2) is 3.87. The van der Waals surface area contributed by atoms with E-state index < -0.39 is 13.4 Å². The molecule has 68 valence electrons. The van der Waals surface area contributed by atoms with Crippen LogP contribution in [0.1, 0.15) is 0 Å². The zero-order valence-electron chi connectivity index (χ0n) is 5.91. The van der Waals surface area contributed by atoms with E-state index in [1.165, 1.54) is 18.8 Å². The maximum atomic E-state index is 9.20. The summed E-state index contributed by atoms with van der Waals surface area (Å²) in [5.74, 6) is 0. The van der Waals surface area contributed by atoms with Gasteiger partial charge in [-0.05, 0) is 37.7 Å².